The molecule has 10 nitrogen and oxygen atoms in total. The predicted octanol–water partition coefficient (Wildman–Crippen LogP) is 8.95. The van der Waals surface area contributed by atoms with Crippen LogP contribution in [-0.2, 0) is 45.4 Å². The minimum absolute atomic E-state index is 0.0592. The van der Waals surface area contributed by atoms with E-state index in [2.05, 4.69) is 0 Å². The summed E-state index contributed by atoms with van der Waals surface area (Å²) >= 11 is 0. The Hall–Kier alpha value is -7.34. The Morgan fingerprint density at radius 1 is 0.400 bits per heavy atom. The SMILES string of the molecule is O=C(O)C1C(C(=O)N(Cc2ccc(F)cc2)Cc2ccc(Oc3ccccc3)cc2)C(C(=O)O)C1C(=O)N(Cc1ccc(F)cc1)Cc1ccc(Oc2ccccc2)cc1. The Bertz CT molecular complexity index is 2230. The third-order valence-corrected chi connectivity index (χ3v) is 10.4. The van der Waals surface area contributed by atoms with Crippen LogP contribution in [0.2, 0.25) is 0 Å². The lowest BCUT2D eigenvalue weighted by atomic mass is 9.55. The second kappa shape index (κ2) is 18.5. The van der Waals surface area contributed by atoms with Gasteiger partial charge in [0.2, 0.25) is 11.8 Å². The van der Waals surface area contributed by atoms with Crippen molar-refractivity contribution in [2.45, 2.75) is 26.2 Å². The van der Waals surface area contributed by atoms with Crippen molar-refractivity contribution in [1.82, 2.24) is 9.80 Å². The van der Waals surface area contributed by atoms with Crippen LogP contribution in [0.25, 0.3) is 0 Å². The van der Waals surface area contributed by atoms with E-state index in [0.717, 1.165) is 0 Å². The number of hydrogen-bond acceptors (Lipinski definition) is 6. The molecule has 6 aromatic rings. The molecule has 0 radical (unpaired) electrons. The molecule has 60 heavy (non-hydrogen) atoms. The van der Waals surface area contributed by atoms with Gasteiger partial charge in [-0.25, -0.2) is 8.78 Å². The number of hydrogen-bond donors (Lipinski definition) is 2. The van der Waals surface area contributed by atoms with E-state index in [9.17, 15) is 38.2 Å². The van der Waals surface area contributed by atoms with Crippen molar-refractivity contribution in [3.8, 4) is 23.0 Å². The van der Waals surface area contributed by atoms with Crippen molar-refractivity contribution in [3.63, 3.8) is 0 Å². The van der Waals surface area contributed by atoms with Crippen molar-refractivity contribution in [1.29, 1.82) is 0 Å². The summed E-state index contributed by atoms with van der Waals surface area (Å²) in [6, 6.07) is 42.8. The number of rotatable bonds is 16. The number of ether oxygens (including phenoxy) is 2. The van der Waals surface area contributed by atoms with Gasteiger partial charge in [-0.2, -0.15) is 0 Å². The fourth-order valence-electron chi connectivity index (χ4n) is 7.46. The van der Waals surface area contributed by atoms with E-state index < -0.39 is 59.1 Å². The van der Waals surface area contributed by atoms with Crippen molar-refractivity contribution < 1.29 is 47.6 Å². The molecule has 0 heterocycles. The van der Waals surface area contributed by atoms with Gasteiger partial charge in [0.25, 0.3) is 0 Å². The molecule has 0 bridgehead atoms. The van der Waals surface area contributed by atoms with Crippen molar-refractivity contribution in [2.75, 3.05) is 0 Å². The maximum atomic E-state index is 14.6. The summed E-state index contributed by atoms with van der Waals surface area (Å²) in [5.41, 5.74) is 2.29. The maximum absolute atomic E-state index is 14.6. The van der Waals surface area contributed by atoms with Gasteiger partial charge in [0.1, 0.15) is 34.6 Å². The molecule has 0 aliphatic heterocycles. The van der Waals surface area contributed by atoms with Crippen LogP contribution in [0.15, 0.2) is 158 Å². The Balaban J connectivity index is 1.16. The molecule has 1 fully saturated rings. The number of carboxylic acids is 2. The fraction of sp³-hybridized carbons (Fsp3) is 0.167. The van der Waals surface area contributed by atoms with Gasteiger partial charge in [0.15, 0.2) is 0 Å². The number of amides is 2. The maximum Gasteiger partial charge on any atom is 0.308 e. The van der Waals surface area contributed by atoms with Crippen LogP contribution in [0, 0.1) is 35.3 Å². The zero-order valence-corrected chi connectivity index (χ0v) is 32.1. The molecule has 2 amide bonds. The van der Waals surface area contributed by atoms with Crippen molar-refractivity contribution in [2.24, 2.45) is 23.7 Å². The molecule has 1 saturated carbocycles. The molecule has 6 aromatic carbocycles. The minimum Gasteiger partial charge on any atom is -0.481 e. The molecule has 0 unspecified atom stereocenters. The third kappa shape index (κ3) is 9.84. The van der Waals surface area contributed by atoms with E-state index in [-0.39, 0.29) is 26.2 Å². The van der Waals surface area contributed by atoms with Crippen LogP contribution in [0.5, 0.6) is 23.0 Å². The molecular weight excluding hydrogens is 771 g/mol. The lowest BCUT2D eigenvalue weighted by Crippen LogP contribution is -2.64. The van der Waals surface area contributed by atoms with Gasteiger partial charge >= 0.3 is 11.9 Å². The third-order valence-electron chi connectivity index (χ3n) is 10.4. The summed E-state index contributed by atoms with van der Waals surface area (Å²) < 4.78 is 39.6. The molecule has 0 aromatic heterocycles. The monoisotopic (exact) mass is 810 g/mol. The van der Waals surface area contributed by atoms with E-state index in [4.69, 9.17) is 9.47 Å². The van der Waals surface area contributed by atoms with Gasteiger partial charge < -0.3 is 29.5 Å². The van der Waals surface area contributed by atoms with Crippen LogP contribution in [0.3, 0.4) is 0 Å². The van der Waals surface area contributed by atoms with Gasteiger partial charge in [-0.1, -0.05) is 84.9 Å². The van der Waals surface area contributed by atoms with Gasteiger partial charge in [-0.15, -0.1) is 0 Å². The number of carbonyl (C=O) groups excluding carboxylic acids is 2. The first-order valence-corrected chi connectivity index (χ1v) is 19.2. The highest BCUT2D eigenvalue weighted by Crippen LogP contribution is 2.49. The number of benzene rings is 6. The zero-order chi connectivity index (χ0) is 42.2. The van der Waals surface area contributed by atoms with Crippen LogP contribution in [0.4, 0.5) is 8.78 Å². The average Bonchev–Trinajstić information content (AvgIpc) is 3.23. The Labute approximate surface area is 344 Å². The van der Waals surface area contributed by atoms with Gasteiger partial charge in [-0.05, 0) is 95.1 Å². The highest BCUT2D eigenvalue weighted by Gasteiger charge is 2.65. The number of carbonyl (C=O) groups is 4. The first kappa shape index (κ1) is 40.8. The summed E-state index contributed by atoms with van der Waals surface area (Å²) in [4.78, 5) is 57.9. The van der Waals surface area contributed by atoms with E-state index in [1.807, 2.05) is 36.4 Å². The van der Waals surface area contributed by atoms with Crippen LogP contribution < -0.4 is 9.47 Å². The van der Waals surface area contributed by atoms with Crippen LogP contribution >= 0.6 is 0 Å². The molecule has 304 valence electrons. The van der Waals surface area contributed by atoms with Gasteiger partial charge in [0, 0.05) is 26.2 Å². The number of carboxylic acid groups (broad SMARTS) is 2. The molecule has 1 aliphatic carbocycles. The minimum atomic E-state index is -1.69. The second-order valence-corrected chi connectivity index (χ2v) is 14.5. The molecule has 0 spiro atoms. The van der Waals surface area contributed by atoms with Crippen LogP contribution in [-0.4, -0.2) is 43.8 Å². The summed E-state index contributed by atoms with van der Waals surface area (Å²) in [6.07, 6.45) is 0. The highest BCUT2D eigenvalue weighted by atomic mass is 19.1. The Kier molecular flexibility index (Phi) is 12.6. The topological polar surface area (TPSA) is 134 Å². The molecule has 2 N–H and O–H groups in total. The lowest BCUT2D eigenvalue weighted by Gasteiger charge is -2.48. The van der Waals surface area contributed by atoms with Gasteiger partial charge in [-0.3, -0.25) is 19.2 Å². The largest absolute Gasteiger partial charge is 0.481 e. The summed E-state index contributed by atoms with van der Waals surface area (Å²) in [5, 5.41) is 21.2. The van der Waals surface area contributed by atoms with Crippen molar-refractivity contribution >= 4 is 23.8 Å². The quantitative estimate of drug-likeness (QED) is 0.0991. The van der Waals surface area contributed by atoms with E-state index >= 15 is 0 Å². The first-order valence-electron chi connectivity index (χ1n) is 19.2. The number of para-hydroxylation sites is 2. The molecule has 12 heteroatoms. The standard InChI is InChI=1S/C48H40F2N2O8/c49-35-19-11-31(12-20-35)27-51(29-33-15-23-39(24-16-33)59-37-7-3-1-4-8-37)45(53)41-43(47(55)56)42(44(41)48(57)58)46(54)52(28-32-13-21-36(50)22-14-32)30-34-17-25-40(26-18-34)60-38-9-5-2-6-10-38/h1-26,41-44H,27-30H2,(H,55,56)(H,57,58). The first-order chi connectivity index (χ1) is 29.0. The fourth-order valence-corrected chi connectivity index (χ4v) is 7.46. The number of nitrogens with zero attached hydrogens (tertiary/aromatic N) is 2. The summed E-state index contributed by atoms with van der Waals surface area (Å²) in [5.74, 6) is -9.89. The van der Waals surface area contributed by atoms with E-state index in [1.165, 1.54) is 58.3 Å². The number of aliphatic carboxylic acids is 2. The van der Waals surface area contributed by atoms with Gasteiger partial charge in [0.05, 0.1) is 23.7 Å². The average molecular weight is 811 g/mol. The zero-order valence-electron chi connectivity index (χ0n) is 32.1. The summed E-state index contributed by atoms with van der Waals surface area (Å²) in [6.45, 7) is -0.321. The Morgan fingerprint density at radius 3 is 0.950 bits per heavy atom. The molecule has 1 aliphatic rings. The normalized spacial score (nSPS) is 16.8. The predicted molar refractivity (Wildman–Crippen MR) is 216 cm³/mol. The number of halogens is 2. The molecule has 7 rings (SSSR count). The molecule has 0 saturated heterocycles. The van der Waals surface area contributed by atoms with Crippen LogP contribution in [0.1, 0.15) is 22.3 Å². The van der Waals surface area contributed by atoms with E-state index in [1.54, 1.807) is 72.8 Å². The van der Waals surface area contributed by atoms with Crippen molar-refractivity contribution in [3.05, 3.63) is 192 Å². The Morgan fingerprint density at radius 2 is 0.667 bits per heavy atom. The second-order valence-electron chi connectivity index (χ2n) is 14.5. The molecule has 0 atom stereocenters. The van der Waals surface area contributed by atoms with E-state index in [0.29, 0.717) is 45.3 Å². The summed E-state index contributed by atoms with van der Waals surface area (Å²) in [7, 11) is 0. The lowest BCUT2D eigenvalue weighted by molar-refractivity contribution is -0.188. The molecular formula is C48H40F2N2O8. The smallest absolute Gasteiger partial charge is 0.308 e. The highest BCUT2D eigenvalue weighted by molar-refractivity contribution is 5.99.